The minimum atomic E-state index is 0.121. The average molecular weight is 247 g/mol. The third-order valence-corrected chi connectivity index (χ3v) is 3.10. The number of benzene rings is 1. The molecule has 0 saturated carbocycles. The Morgan fingerprint density at radius 1 is 1.33 bits per heavy atom. The van der Waals surface area contributed by atoms with Crippen LogP contribution in [0.25, 0.3) is 0 Å². The van der Waals surface area contributed by atoms with Crippen molar-refractivity contribution in [2.24, 2.45) is 0 Å². The summed E-state index contributed by atoms with van der Waals surface area (Å²) in [5.74, 6) is 0.121. The molecule has 0 N–H and O–H groups in total. The summed E-state index contributed by atoms with van der Waals surface area (Å²) in [6, 6.07) is 5.31. The molecule has 3 nitrogen and oxygen atoms in total. The van der Waals surface area contributed by atoms with Crippen molar-refractivity contribution in [3.05, 3.63) is 29.3 Å². The lowest BCUT2D eigenvalue weighted by Gasteiger charge is -2.20. The van der Waals surface area contributed by atoms with Crippen molar-refractivity contribution in [3.8, 4) is 0 Å². The Labute approximate surface area is 109 Å². The Balaban J connectivity index is 3.10. The standard InChI is InChI=1S/C15H21NO2/c1-4-6-7-15(18)13-10-12(11-17)8-9-14(13)16(3)5-2/h8-11H,4-7H2,1-3H3. The predicted octanol–water partition coefficient (Wildman–Crippen LogP) is 3.33. The van der Waals surface area contributed by atoms with Crippen LogP contribution in [0.15, 0.2) is 18.2 Å². The lowest BCUT2D eigenvalue weighted by Crippen LogP contribution is -2.19. The summed E-state index contributed by atoms with van der Waals surface area (Å²) >= 11 is 0. The zero-order valence-corrected chi connectivity index (χ0v) is 11.4. The summed E-state index contributed by atoms with van der Waals surface area (Å²) < 4.78 is 0. The number of anilines is 1. The predicted molar refractivity (Wildman–Crippen MR) is 74.6 cm³/mol. The molecule has 1 aromatic rings. The molecule has 0 radical (unpaired) electrons. The van der Waals surface area contributed by atoms with Gasteiger partial charge in [-0.25, -0.2) is 0 Å². The van der Waals surface area contributed by atoms with Crippen LogP contribution in [-0.4, -0.2) is 25.7 Å². The maximum Gasteiger partial charge on any atom is 0.164 e. The van der Waals surface area contributed by atoms with Crippen molar-refractivity contribution in [2.75, 3.05) is 18.5 Å². The van der Waals surface area contributed by atoms with Gasteiger partial charge < -0.3 is 4.90 Å². The molecule has 0 saturated heterocycles. The molecule has 0 atom stereocenters. The van der Waals surface area contributed by atoms with E-state index in [1.165, 1.54) is 0 Å². The first-order chi connectivity index (χ1) is 8.63. The molecule has 18 heavy (non-hydrogen) atoms. The van der Waals surface area contributed by atoms with Gasteiger partial charge in [0.1, 0.15) is 6.29 Å². The molecule has 1 rings (SSSR count). The van der Waals surface area contributed by atoms with Crippen molar-refractivity contribution in [1.82, 2.24) is 0 Å². The zero-order valence-electron chi connectivity index (χ0n) is 11.4. The van der Waals surface area contributed by atoms with Crippen LogP contribution in [-0.2, 0) is 0 Å². The second kappa shape index (κ2) is 6.94. The van der Waals surface area contributed by atoms with E-state index in [0.29, 0.717) is 17.5 Å². The van der Waals surface area contributed by atoms with Gasteiger partial charge in [0.15, 0.2) is 5.78 Å². The molecule has 98 valence electrons. The average Bonchev–Trinajstić information content (AvgIpc) is 2.43. The van der Waals surface area contributed by atoms with E-state index in [-0.39, 0.29) is 5.78 Å². The van der Waals surface area contributed by atoms with E-state index in [4.69, 9.17) is 0 Å². The molecule has 0 aliphatic heterocycles. The van der Waals surface area contributed by atoms with Crippen molar-refractivity contribution in [1.29, 1.82) is 0 Å². The number of Topliss-reactive ketones (excluding diaryl/α,β-unsaturated/α-hetero) is 1. The number of hydrogen-bond donors (Lipinski definition) is 0. The van der Waals surface area contributed by atoms with Crippen LogP contribution in [0, 0.1) is 0 Å². The van der Waals surface area contributed by atoms with Crippen LogP contribution in [0.3, 0.4) is 0 Å². The van der Waals surface area contributed by atoms with E-state index in [0.717, 1.165) is 31.4 Å². The highest BCUT2D eigenvalue weighted by molar-refractivity contribution is 6.02. The fraction of sp³-hybridized carbons (Fsp3) is 0.467. The fourth-order valence-corrected chi connectivity index (χ4v) is 1.83. The Hall–Kier alpha value is -1.64. The molecule has 0 aromatic heterocycles. The molecule has 1 aromatic carbocycles. The molecule has 0 aliphatic rings. The Morgan fingerprint density at radius 3 is 2.61 bits per heavy atom. The van der Waals surface area contributed by atoms with Gasteiger partial charge >= 0.3 is 0 Å². The maximum absolute atomic E-state index is 12.2. The third kappa shape index (κ3) is 3.42. The molecule has 3 heteroatoms. The van der Waals surface area contributed by atoms with Gasteiger partial charge in [-0.1, -0.05) is 13.3 Å². The minimum absolute atomic E-state index is 0.121. The molecule has 0 spiro atoms. The summed E-state index contributed by atoms with van der Waals surface area (Å²) in [5, 5.41) is 0. The maximum atomic E-state index is 12.2. The van der Waals surface area contributed by atoms with Crippen LogP contribution in [0.1, 0.15) is 53.8 Å². The zero-order chi connectivity index (χ0) is 13.5. The molecule has 0 heterocycles. The van der Waals surface area contributed by atoms with E-state index in [1.807, 2.05) is 24.9 Å². The Morgan fingerprint density at radius 2 is 2.06 bits per heavy atom. The quantitative estimate of drug-likeness (QED) is 0.548. The third-order valence-electron chi connectivity index (χ3n) is 3.10. The van der Waals surface area contributed by atoms with Gasteiger partial charge in [-0.05, 0) is 31.5 Å². The topological polar surface area (TPSA) is 37.4 Å². The lowest BCUT2D eigenvalue weighted by atomic mass is 10.0. The van der Waals surface area contributed by atoms with E-state index >= 15 is 0 Å². The fourth-order valence-electron chi connectivity index (χ4n) is 1.83. The van der Waals surface area contributed by atoms with E-state index in [1.54, 1.807) is 12.1 Å². The Bertz CT molecular complexity index is 427. The van der Waals surface area contributed by atoms with Gasteiger partial charge in [0.25, 0.3) is 0 Å². The molecule has 0 aliphatic carbocycles. The van der Waals surface area contributed by atoms with E-state index in [9.17, 15) is 9.59 Å². The molecule has 0 amide bonds. The van der Waals surface area contributed by atoms with Crippen molar-refractivity contribution in [2.45, 2.75) is 33.1 Å². The van der Waals surface area contributed by atoms with Gasteiger partial charge in [-0.15, -0.1) is 0 Å². The highest BCUT2D eigenvalue weighted by atomic mass is 16.1. The molecule has 0 bridgehead atoms. The molecular formula is C15H21NO2. The number of carbonyl (C=O) groups is 2. The number of rotatable bonds is 7. The summed E-state index contributed by atoms with van der Waals surface area (Å²) in [6.07, 6.45) is 3.22. The highest BCUT2D eigenvalue weighted by Gasteiger charge is 2.14. The summed E-state index contributed by atoms with van der Waals surface area (Å²) in [7, 11) is 1.95. The number of ketones is 1. The van der Waals surface area contributed by atoms with Crippen LogP contribution in [0.2, 0.25) is 0 Å². The second-order valence-corrected chi connectivity index (χ2v) is 4.44. The number of nitrogens with zero attached hydrogens (tertiary/aromatic N) is 1. The van der Waals surface area contributed by atoms with Gasteiger partial charge in [-0.3, -0.25) is 9.59 Å². The van der Waals surface area contributed by atoms with Gasteiger partial charge in [-0.2, -0.15) is 0 Å². The summed E-state index contributed by atoms with van der Waals surface area (Å²) in [5.41, 5.74) is 2.13. The number of unbranched alkanes of at least 4 members (excludes halogenated alkanes) is 1. The first kappa shape index (κ1) is 14.4. The van der Waals surface area contributed by atoms with E-state index in [2.05, 4.69) is 6.92 Å². The number of carbonyl (C=O) groups excluding carboxylic acids is 2. The van der Waals surface area contributed by atoms with Crippen molar-refractivity contribution >= 4 is 17.8 Å². The number of aldehydes is 1. The van der Waals surface area contributed by atoms with Crippen LogP contribution in [0.5, 0.6) is 0 Å². The van der Waals surface area contributed by atoms with Gasteiger partial charge in [0.05, 0.1) is 0 Å². The summed E-state index contributed by atoms with van der Waals surface area (Å²) in [4.78, 5) is 25.0. The normalized spacial score (nSPS) is 10.2. The van der Waals surface area contributed by atoms with Crippen molar-refractivity contribution in [3.63, 3.8) is 0 Å². The largest absolute Gasteiger partial charge is 0.374 e. The van der Waals surface area contributed by atoms with Crippen LogP contribution < -0.4 is 4.90 Å². The van der Waals surface area contributed by atoms with Gasteiger partial charge in [0, 0.05) is 36.8 Å². The van der Waals surface area contributed by atoms with Crippen LogP contribution >= 0.6 is 0 Å². The number of hydrogen-bond acceptors (Lipinski definition) is 3. The van der Waals surface area contributed by atoms with E-state index < -0.39 is 0 Å². The smallest absolute Gasteiger partial charge is 0.164 e. The Kier molecular flexibility index (Phi) is 5.56. The molecule has 0 fully saturated rings. The molecule has 0 unspecified atom stereocenters. The second-order valence-electron chi connectivity index (χ2n) is 4.44. The van der Waals surface area contributed by atoms with Crippen LogP contribution in [0.4, 0.5) is 5.69 Å². The first-order valence-corrected chi connectivity index (χ1v) is 6.47. The molecular weight excluding hydrogens is 226 g/mol. The SMILES string of the molecule is CCCCC(=O)c1cc(C=O)ccc1N(C)CC. The first-order valence-electron chi connectivity index (χ1n) is 6.47. The van der Waals surface area contributed by atoms with Gasteiger partial charge in [0.2, 0.25) is 0 Å². The monoisotopic (exact) mass is 247 g/mol. The highest BCUT2D eigenvalue weighted by Crippen LogP contribution is 2.22. The summed E-state index contributed by atoms with van der Waals surface area (Å²) in [6.45, 7) is 4.93. The lowest BCUT2D eigenvalue weighted by molar-refractivity contribution is 0.0980. The van der Waals surface area contributed by atoms with Crippen molar-refractivity contribution < 1.29 is 9.59 Å². The minimum Gasteiger partial charge on any atom is -0.374 e.